The Labute approximate surface area is 124 Å². The number of hydrogen-bond acceptors (Lipinski definition) is 3. The van der Waals surface area contributed by atoms with Gasteiger partial charge in [-0.15, -0.1) is 11.3 Å². The number of hydrogen-bond donors (Lipinski definition) is 2. The molecule has 2 rings (SSSR count). The maximum absolute atomic E-state index is 11.2. The van der Waals surface area contributed by atoms with Gasteiger partial charge in [-0.25, -0.2) is 4.79 Å². The molecule has 0 fully saturated rings. The van der Waals surface area contributed by atoms with Crippen molar-refractivity contribution < 1.29 is 9.90 Å². The zero-order chi connectivity index (χ0) is 14.0. The van der Waals surface area contributed by atoms with Crippen LogP contribution in [0.2, 0.25) is 0 Å². The van der Waals surface area contributed by atoms with E-state index in [2.05, 4.69) is 40.3 Å². The van der Waals surface area contributed by atoms with Gasteiger partial charge in [0.2, 0.25) is 0 Å². The quantitative estimate of drug-likeness (QED) is 0.849. The van der Waals surface area contributed by atoms with Gasteiger partial charge in [0.1, 0.15) is 0 Å². The Morgan fingerprint density at radius 2 is 2.11 bits per heavy atom. The predicted molar refractivity (Wildman–Crippen MR) is 82.2 cm³/mol. The van der Waals surface area contributed by atoms with Crippen LogP contribution in [0.4, 0.5) is 5.69 Å². The number of halogens is 1. The summed E-state index contributed by atoms with van der Waals surface area (Å²) in [5.74, 6) is -0.926. The van der Waals surface area contributed by atoms with Crippen LogP contribution in [-0.4, -0.2) is 11.1 Å². The normalized spacial score (nSPS) is 12.2. The third-order valence-electron chi connectivity index (χ3n) is 2.77. The van der Waals surface area contributed by atoms with Gasteiger partial charge >= 0.3 is 5.97 Å². The Balaban J connectivity index is 2.27. The first kappa shape index (κ1) is 14.1. The molecule has 0 aliphatic carbocycles. The van der Waals surface area contributed by atoms with Crippen LogP contribution in [0.25, 0.3) is 0 Å². The molecule has 2 N–H and O–H groups in total. The monoisotopic (exact) mass is 339 g/mol. The largest absolute Gasteiger partial charge is 0.478 e. The van der Waals surface area contributed by atoms with Gasteiger partial charge < -0.3 is 10.4 Å². The van der Waals surface area contributed by atoms with Gasteiger partial charge in [-0.1, -0.05) is 15.9 Å². The summed E-state index contributed by atoms with van der Waals surface area (Å²) in [6, 6.07) is 9.33. The highest BCUT2D eigenvalue weighted by atomic mass is 79.9. The van der Waals surface area contributed by atoms with E-state index in [1.54, 1.807) is 29.5 Å². The molecular weight excluding hydrogens is 326 g/mol. The highest BCUT2D eigenvalue weighted by Crippen LogP contribution is 2.29. The van der Waals surface area contributed by atoms with Crippen molar-refractivity contribution in [3.63, 3.8) is 0 Å². The molecule has 0 saturated heterocycles. The number of aryl methyl sites for hydroxylation is 1. The molecule has 2 aromatic rings. The second kappa shape index (κ2) is 5.75. The first-order chi connectivity index (χ1) is 8.97. The molecule has 100 valence electrons. The number of rotatable bonds is 4. The molecule has 5 heteroatoms. The van der Waals surface area contributed by atoms with Crippen LogP contribution in [0.15, 0.2) is 34.8 Å². The molecule has 0 radical (unpaired) electrons. The second-order valence-corrected chi connectivity index (χ2v) is 6.54. The third kappa shape index (κ3) is 3.36. The number of carbonyl (C=O) groups is 1. The maximum atomic E-state index is 11.2. The van der Waals surface area contributed by atoms with Crippen LogP contribution < -0.4 is 5.32 Å². The Kier molecular flexibility index (Phi) is 4.27. The van der Waals surface area contributed by atoms with Crippen LogP contribution in [-0.2, 0) is 0 Å². The molecule has 1 aromatic carbocycles. The summed E-state index contributed by atoms with van der Waals surface area (Å²) in [5, 5.41) is 12.5. The van der Waals surface area contributed by atoms with Crippen molar-refractivity contribution in [2.45, 2.75) is 19.9 Å². The second-order valence-electron chi connectivity index (χ2n) is 4.31. The van der Waals surface area contributed by atoms with Gasteiger partial charge in [0.25, 0.3) is 0 Å². The van der Waals surface area contributed by atoms with E-state index in [0.29, 0.717) is 5.69 Å². The van der Waals surface area contributed by atoms with E-state index in [-0.39, 0.29) is 11.6 Å². The number of aromatic carboxylic acids is 1. The lowest BCUT2D eigenvalue weighted by molar-refractivity contribution is 0.0698. The predicted octanol–water partition coefficient (Wildman–Crippen LogP) is 4.69. The van der Waals surface area contributed by atoms with E-state index in [9.17, 15) is 9.90 Å². The standard InChI is InChI=1S/C14H14BrNO2S/c1-8-3-6-13(19-8)9(2)16-12-7-10(15)4-5-11(12)14(17)18/h3-7,9,16H,1-2H3,(H,17,18). The molecule has 0 aliphatic rings. The van der Waals surface area contributed by atoms with Crippen LogP contribution in [0.1, 0.15) is 33.1 Å². The van der Waals surface area contributed by atoms with E-state index >= 15 is 0 Å². The minimum absolute atomic E-state index is 0.0751. The summed E-state index contributed by atoms with van der Waals surface area (Å²) >= 11 is 5.08. The fourth-order valence-corrected chi connectivity index (χ4v) is 3.05. The zero-order valence-corrected chi connectivity index (χ0v) is 13.0. The van der Waals surface area contributed by atoms with Gasteiger partial charge in [-0.3, -0.25) is 0 Å². The van der Waals surface area contributed by atoms with Crippen molar-refractivity contribution in [1.82, 2.24) is 0 Å². The summed E-state index contributed by atoms with van der Waals surface area (Å²) in [6.45, 7) is 4.08. The zero-order valence-electron chi connectivity index (χ0n) is 10.6. The highest BCUT2D eigenvalue weighted by molar-refractivity contribution is 9.10. The number of nitrogens with one attached hydrogen (secondary N) is 1. The smallest absolute Gasteiger partial charge is 0.337 e. The van der Waals surface area contributed by atoms with Gasteiger partial charge in [0.15, 0.2) is 0 Å². The lowest BCUT2D eigenvalue weighted by Crippen LogP contribution is -2.09. The molecule has 0 spiro atoms. The summed E-state index contributed by atoms with van der Waals surface area (Å²) in [7, 11) is 0. The Hall–Kier alpha value is -1.33. The maximum Gasteiger partial charge on any atom is 0.337 e. The first-order valence-electron chi connectivity index (χ1n) is 5.83. The van der Waals surface area contributed by atoms with E-state index in [1.807, 2.05) is 6.92 Å². The van der Waals surface area contributed by atoms with Crippen LogP contribution in [0.5, 0.6) is 0 Å². The molecule has 0 bridgehead atoms. The topological polar surface area (TPSA) is 49.3 Å². The van der Waals surface area contributed by atoms with Gasteiger partial charge in [0, 0.05) is 14.2 Å². The summed E-state index contributed by atoms with van der Waals surface area (Å²) in [4.78, 5) is 13.6. The SMILES string of the molecule is Cc1ccc(C(C)Nc2cc(Br)ccc2C(=O)O)s1. The number of anilines is 1. The van der Waals surface area contributed by atoms with Crippen molar-refractivity contribution in [3.05, 3.63) is 50.1 Å². The van der Waals surface area contributed by atoms with Gasteiger partial charge in [-0.05, 0) is 44.2 Å². The molecule has 0 amide bonds. The van der Waals surface area contributed by atoms with Crippen LogP contribution in [0.3, 0.4) is 0 Å². The minimum atomic E-state index is -0.926. The number of thiophene rings is 1. The lowest BCUT2D eigenvalue weighted by atomic mass is 10.1. The van der Waals surface area contributed by atoms with E-state index in [1.165, 1.54) is 9.75 Å². The molecule has 19 heavy (non-hydrogen) atoms. The van der Waals surface area contributed by atoms with E-state index < -0.39 is 5.97 Å². The molecule has 0 aliphatic heterocycles. The molecule has 0 saturated carbocycles. The average Bonchev–Trinajstić information content (AvgIpc) is 2.75. The van der Waals surface area contributed by atoms with E-state index in [0.717, 1.165) is 4.47 Å². The lowest BCUT2D eigenvalue weighted by Gasteiger charge is -2.16. The molecule has 1 heterocycles. The van der Waals surface area contributed by atoms with Crippen molar-refractivity contribution in [3.8, 4) is 0 Å². The molecule has 1 unspecified atom stereocenters. The number of carboxylic acids is 1. The molecular formula is C14H14BrNO2S. The molecule has 3 nitrogen and oxygen atoms in total. The number of carboxylic acid groups (broad SMARTS) is 1. The van der Waals surface area contributed by atoms with E-state index in [4.69, 9.17) is 0 Å². The highest BCUT2D eigenvalue weighted by Gasteiger charge is 2.14. The van der Waals surface area contributed by atoms with Crippen molar-refractivity contribution in [1.29, 1.82) is 0 Å². The molecule has 1 atom stereocenters. The Morgan fingerprint density at radius 1 is 1.37 bits per heavy atom. The Bertz CT molecular complexity index is 609. The third-order valence-corrected chi connectivity index (χ3v) is 4.45. The molecule has 1 aromatic heterocycles. The summed E-state index contributed by atoms with van der Waals surface area (Å²) < 4.78 is 0.856. The van der Waals surface area contributed by atoms with Crippen molar-refractivity contribution >= 4 is 38.9 Å². The number of benzene rings is 1. The van der Waals surface area contributed by atoms with Gasteiger partial charge in [0.05, 0.1) is 17.3 Å². The van der Waals surface area contributed by atoms with Crippen molar-refractivity contribution in [2.24, 2.45) is 0 Å². The first-order valence-corrected chi connectivity index (χ1v) is 7.44. The fraction of sp³-hybridized carbons (Fsp3) is 0.214. The Morgan fingerprint density at radius 3 is 2.68 bits per heavy atom. The van der Waals surface area contributed by atoms with Crippen LogP contribution >= 0.6 is 27.3 Å². The average molecular weight is 340 g/mol. The van der Waals surface area contributed by atoms with Gasteiger partial charge in [-0.2, -0.15) is 0 Å². The summed E-state index contributed by atoms with van der Waals surface area (Å²) in [6.07, 6.45) is 0. The summed E-state index contributed by atoms with van der Waals surface area (Å²) in [5.41, 5.74) is 0.906. The van der Waals surface area contributed by atoms with Crippen molar-refractivity contribution in [2.75, 3.05) is 5.32 Å². The fourth-order valence-electron chi connectivity index (χ4n) is 1.81. The van der Waals surface area contributed by atoms with Crippen LogP contribution in [0, 0.1) is 6.92 Å². The minimum Gasteiger partial charge on any atom is -0.478 e.